The number of ether oxygens (including phenoxy) is 1. The number of nitrogens with two attached hydrogens (primary N) is 1. The van der Waals surface area contributed by atoms with Crippen molar-refractivity contribution in [1.29, 1.82) is 0 Å². The summed E-state index contributed by atoms with van der Waals surface area (Å²) in [6.45, 7) is 2.04. The Morgan fingerprint density at radius 3 is 3.00 bits per heavy atom. The SMILES string of the molecule is CCOC(=O)c1nc2c(Br)cccc2cc1N. The highest BCUT2D eigenvalue weighted by Crippen LogP contribution is 2.25. The predicted molar refractivity (Wildman–Crippen MR) is 69.8 cm³/mol. The minimum Gasteiger partial charge on any atom is -0.461 e. The van der Waals surface area contributed by atoms with Gasteiger partial charge in [0.25, 0.3) is 0 Å². The van der Waals surface area contributed by atoms with Gasteiger partial charge < -0.3 is 10.5 Å². The van der Waals surface area contributed by atoms with Crippen LogP contribution in [0.3, 0.4) is 0 Å². The Balaban J connectivity index is 2.61. The second kappa shape index (κ2) is 4.71. The van der Waals surface area contributed by atoms with Gasteiger partial charge in [-0.3, -0.25) is 0 Å². The van der Waals surface area contributed by atoms with Crippen molar-refractivity contribution in [3.8, 4) is 0 Å². The summed E-state index contributed by atoms with van der Waals surface area (Å²) in [7, 11) is 0. The van der Waals surface area contributed by atoms with Crippen LogP contribution in [0.15, 0.2) is 28.7 Å². The lowest BCUT2D eigenvalue weighted by molar-refractivity contribution is 0.0521. The van der Waals surface area contributed by atoms with Crippen molar-refractivity contribution >= 4 is 38.5 Å². The maximum Gasteiger partial charge on any atom is 0.359 e. The molecule has 0 amide bonds. The van der Waals surface area contributed by atoms with Gasteiger partial charge in [-0.15, -0.1) is 0 Å². The minimum absolute atomic E-state index is 0.159. The molecule has 88 valence electrons. The van der Waals surface area contributed by atoms with Crippen molar-refractivity contribution in [3.05, 3.63) is 34.4 Å². The third kappa shape index (κ3) is 2.24. The van der Waals surface area contributed by atoms with Gasteiger partial charge in [0.2, 0.25) is 0 Å². The zero-order valence-electron chi connectivity index (χ0n) is 9.24. The Morgan fingerprint density at radius 2 is 2.29 bits per heavy atom. The minimum atomic E-state index is -0.498. The van der Waals surface area contributed by atoms with Crippen LogP contribution in [-0.2, 0) is 4.74 Å². The molecule has 2 N–H and O–H groups in total. The number of nitrogen functional groups attached to an aromatic ring is 1. The summed E-state index contributed by atoms with van der Waals surface area (Å²) in [6, 6.07) is 7.36. The Kier molecular flexibility index (Phi) is 3.28. The van der Waals surface area contributed by atoms with Gasteiger partial charge >= 0.3 is 5.97 Å². The van der Waals surface area contributed by atoms with E-state index in [1.54, 1.807) is 13.0 Å². The summed E-state index contributed by atoms with van der Waals surface area (Å²) < 4.78 is 5.72. The molecule has 0 radical (unpaired) electrons. The van der Waals surface area contributed by atoms with Gasteiger partial charge in [0, 0.05) is 9.86 Å². The topological polar surface area (TPSA) is 65.2 Å². The Bertz CT molecular complexity index is 584. The number of esters is 1. The van der Waals surface area contributed by atoms with Crippen LogP contribution in [0.2, 0.25) is 0 Å². The first-order valence-corrected chi connectivity index (χ1v) is 5.94. The molecule has 2 rings (SSSR count). The van der Waals surface area contributed by atoms with E-state index in [0.717, 1.165) is 9.86 Å². The molecule has 0 aliphatic carbocycles. The maximum atomic E-state index is 11.6. The summed E-state index contributed by atoms with van der Waals surface area (Å²) in [5, 5.41) is 0.880. The van der Waals surface area contributed by atoms with E-state index in [9.17, 15) is 4.79 Å². The first-order valence-electron chi connectivity index (χ1n) is 5.15. The fourth-order valence-corrected chi connectivity index (χ4v) is 2.01. The summed E-state index contributed by atoms with van der Waals surface area (Å²) in [4.78, 5) is 15.9. The van der Waals surface area contributed by atoms with Gasteiger partial charge in [-0.2, -0.15) is 0 Å². The molecule has 0 unspecified atom stereocenters. The maximum absolute atomic E-state index is 11.6. The van der Waals surface area contributed by atoms with Crippen molar-refractivity contribution in [2.75, 3.05) is 12.3 Å². The number of halogens is 1. The van der Waals surface area contributed by atoms with Gasteiger partial charge in [0.05, 0.1) is 17.8 Å². The third-order valence-electron chi connectivity index (χ3n) is 2.29. The van der Waals surface area contributed by atoms with Crippen LogP contribution in [0.4, 0.5) is 5.69 Å². The number of anilines is 1. The number of carbonyl (C=O) groups is 1. The monoisotopic (exact) mass is 294 g/mol. The van der Waals surface area contributed by atoms with Crippen LogP contribution in [0.1, 0.15) is 17.4 Å². The summed E-state index contributed by atoms with van der Waals surface area (Å²) >= 11 is 3.39. The molecule has 0 saturated heterocycles. The first kappa shape index (κ1) is 11.9. The van der Waals surface area contributed by atoms with Crippen molar-refractivity contribution in [1.82, 2.24) is 4.98 Å². The van der Waals surface area contributed by atoms with Crippen LogP contribution in [0.25, 0.3) is 10.9 Å². The van der Waals surface area contributed by atoms with Crippen molar-refractivity contribution in [2.24, 2.45) is 0 Å². The lowest BCUT2D eigenvalue weighted by atomic mass is 10.2. The molecule has 4 nitrogen and oxygen atoms in total. The first-order chi connectivity index (χ1) is 8.13. The molecule has 1 aromatic carbocycles. The molecule has 1 aromatic heterocycles. The molecule has 2 aromatic rings. The number of nitrogens with zero attached hydrogens (tertiary/aromatic N) is 1. The van der Waals surface area contributed by atoms with Gasteiger partial charge in [0.15, 0.2) is 5.69 Å². The van der Waals surface area contributed by atoms with Crippen LogP contribution < -0.4 is 5.73 Å². The number of aromatic nitrogens is 1. The molecule has 0 aliphatic rings. The number of para-hydroxylation sites is 1. The average molecular weight is 295 g/mol. The van der Waals surface area contributed by atoms with E-state index in [4.69, 9.17) is 10.5 Å². The van der Waals surface area contributed by atoms with E-state index >= 15 is 0 Å². The van der Waals surface area contributed by atoms with Gasteiger partial charge in [-0.1, -0.05) is 12.1 Å². The molecule has 0 spiro atoms. The molecule has 0 aliphatic heterocycles. The normalized spacial score (nSPS) is 10.5. The second-order valence-corrected chi connectivity index (χ2v) is 4.31. The molecule has 17 heavy (non-hydrogen) atoms. The van der Waals surface area contributed by atoms with Crippen molar-refractivity contribution in [3.63, 3.8) is 0 Å². The van der Waals surface area contributed by atoms with Crippen molar-refractivity contribution in [2.45, 2.75) is 6.92 Å². The van der Waals surface area contributed by atoms with Gasteiger partial charge in [0.1, 0.15) is 0 Å². The Morgan fingerprint density at radius 1 is 1.53 bits per heavy atom. The summed E-state index contributed by atoms with van der Waals surface area (Å²) in [5.41, 5.74) is 6.97. The highest BCUT2D eigenvalue weighted by Gasteiger charge is 2.14. The number of rotatable bonds is 2. The number of pyridine rings is 1. The lowest BCUT2D eigenvalue weighted by Gasteiger charge is -2.07. The highest BCUT2D eigenvalue weighted by molar-refractivity contribution is 9.10. The fourth-order valence-electron chi connectivity index (χ4n) is 1.54. The lowest BCUT2D eigenvalue weighted by Crippen LogP contribution is -2.10. The highest BCUT2D eigenvalue weighted by atomic mass is 79.9. The number of fused-ring (bicyclic) bond motifs is 1. The number of hydrogen-bond acceptors (Lipinski definition) is 4. The van der Waals surface area contributed by atoms with Gasteiger partial charge in [-0.25, -0.2) is 9.78 Å². The van der Waals surface area contributed by atoms with E-state index in [1.807, 2.05) is 18.2 Å². The van der Waals surface area contributed by atoms with E-state index in [-0.39, 0.29) is 5.69 Å². The molecule has 5 heteroatoms. The zero-order valence-corrected chi connectivity index (χ0v) is 10.8. The largest absolute Gasteiger partial charge is 0.461 e. The molecule has 0 fully saturated rings. The number of hydrogen-bond donors (Lipinski definition) is 1. The van der Waals surface area contributed by atoms with Gasteiger partial charge in [-0.05, 0) is 35.0 Å². The molecule has 1 heterocycles. The molecular formula is C12H11BrN2O2. The number of carbonyl (C=O) groups excluding carboxylic acids is 1. The summed E-state index contributed by atoms with van der Waals surface area (Å²) in [6.07, 6.45) is 0. The van der Waals surface area contributed by atoms with Crippen LogP contribution >= 0.6 is 15.9 Å². The molecular weight excluding hydrogens is 284 g/mol. The number of benzene rings is 1. The predicted octanol–water partition coefficient (Wildman–Crippen LogP) is 2.76. The standard InChI is InChI=1S/C12H11BrN2O2/c1-2-17-12(16)11-9(14)6-7-4-3-5-8(13)10(7)15-11/h3-6H,2,14H2,1H3. The Labute approximate surface area is 107 Å². The molecule has 0 saturated carbocycles. The van der Waals surface area contributed by atoms with E-state index in [2.05, 4.69) is 20.9 Å². The van der Waals surface area contributed by atoms with E-state index in [0.29, 0.717) is 17.8 Å². The quantitative estimate of drug-likeness (QED) is 0.865. The molecule has 0 atom stereocenters. The average Bonchev–Trinajstić information content (AvgIpc) is 2.29. The second-order valence-electron chi connectivity index (χ2n) is 3.46. The van der Waals surface area contributed by atoms with Crippen molar-refractivity contribution < 1.29 is 9.53 Å². The zero-order chi connectivity index (χ0) is 12.4. The summed E-state index contributed by atoms with van der Waals surface area (Å²) in [5.74, 6) is -0.498. The van der Waals surface area contributed by atoms with Crippen LogP contribution in [0, 0.1) is 0 Å². The Hall–Kier alpha value is -1.62. The third-order valence-corrected chi connectivity index (χ3v) is 2.93. The molecule has 0 bridgehead atoms. The van der Waals surface area contributed by atoms with E-state index < -0.39 is 5.97 Å². The van der Waals surface area contributed by atoms with Crippen LogP contribution in [-0.4, -0.2) is 17.6 Å². The fraction of sp³-hybridized carbons (Fsp3) is 0.167. The van der Waals surface area contributed by atoms with Crippen LogP contribution in [0.5, 0.6) is 0 Å². The smallest absolute Gasteiger partial charge is 0.359 e. The van der Waals surface area contributed by atoms with E-state index in [1.165, 1.54) is 0 Å².